The molecule has 1 saturated carbocycles. The number of aryl methyl sites for hydroxylation is 1. The molecule has 0 saturated heterocycles. The molecule has 0 heterocycles. The summed E-state index contributed by atoms with van der Waals surface area (Å²) >= 11 is 0. The Labute approximate surface area is 211 Å². The van der Waals surface area contributed by atoms with Crippen LogP contribution < -0.4 is 4.74 Å². The lowest BCUT2D eigenvalue weighted by molar-refractivity contribution is 0.365. The molecule has 0 aliphatic heterocycles. The van der Waals surface area contributed by atoms with Crippen LogP contribution in [0.3, 0.4) is 0 Å². The van der Waals surface area contributed by atoms with Gasteiger partial charge in [0.1, 0.15) is 5.75 Å². The number of hydrogen-bond acceptors (Lipinski definition) is 2. The maximum Gasteiger partial charge on any atom is 0.127 e. The average molecular weight is 466 g/mol. The largest absolute Gasteiger partial charge is 0.496 e. The van der Waals surface area contributed by atoms with Crippen LogP contribution >= 0.6 is 0 Å². The number of rotatable bonds is 10. The van der Waals surface area contributed by atoms with Crippen molar-refractivity contribution in [3.05, 3.63) is 76.4 Å². The molecule has 0 atom stereocenters. The zero-order valence-electron chi connectivity index (χ0n) is 23.6. The smallest absolute Gasteiger partial charge is 0.127 e. The van der Waals surface area contributed by atoms with Gasteiger partial charge in [-0.15, -0.1) is 0 Å². The Balaban J connectivity index is 0.00000137. The van der Waals surface area contributed by atoms with Crippen LogP contribution in [0.25, 0.3) is 0 Å². The molecule has 0 radical (unpaired) electrons. The third kappa shape index (κ3) is 8.62. The van der Waals surface area contributed by atoms with Gasteiger partial charge >= 0.3 is 0 Å². The van der Waals surface area contributed by atoms with E-state index < -0.39 is 0 Å². The van der Waals surface area contributed by atoms with Gasteiger partial charge in [0.25, 0.3) is 0 Å². The van der Waals surface area contributed by atoms with E-state index in [0.717, 1.165) is 31.6 Å². The minimum atomic E-state index is 0.557. The zero-order valence-corrected chi connectivity index (χ0v) is 23.6. The topological polar surface area (TPSA) is 12.5 Å². The Bertz CT molecular complexity index is 861. The van der Waals surface area contributed by atoms with Gasteiger partial charge in [0.2, 0.25) is 0 Å². The van der Waals surface area contributed by atoms with Crippen LogP contribution in [-0.4, -0.2) is 26.1 Å². The van der Waals surface area contributed by atoms with E-state index in [9.17, 15) is 0 Å². The number of methoxy groups -OCH3 is 1. The summed E-state index contributed by atoms with van der Waals surface area (Å²) in [5, 5.41) is 0. The van der Waals surface area contributed by atoms with Crippen LogP contribution in [-0.2, 0) is 19.4 Å². The lowest BCUT2D eigenvalue weighted by Crippen LogP contribution is -2.16. The van der Waals surface area contributed by atoms with Crippen LogP contribution in [0.15, 0.2) is 48.6 Å². The summed E-state index contributed by atoms with van der Waals surface area (Å²) in [4.78, 5) is 2.22. The first kappa shape index (κ1) is 30.0. The van der Waals surface area contributed by atoms with Crippen LogP contribution in [0.1, 0.15) is 101 Å². The molecule has 0 unspecified atom stereocenters. The first-order valence-electron chi connectivity index (χ1n) is 13.5. The number of ether oxygens (including phenoxy) is 1. The molecule has 3 rings (SSSR count). The second-order valence-electron chi connectivity index (χ2n) is 9.50. The maximum atomic E-state index is 6.01. The number of hydrogen-bond donors (Lipinski definition) is 0. The molecule has 2 aromatic rings. The summed E-state index contributed by atoms with van der Waals surface area (Å²) in [6.45, 7) is 17.6. The highest BCUT2D eigenvalue weighted by Gasteiger charge is 2.25. The molecule has 0 aromatic heterocycles. The molecule has 1 aliphatic carbocycles. The van der Waals surface area contributed by atoms with Crippen molar-refractivity contribution >= 4 is 0 Å². The van der Waals surface area contributed by atoms with Crippen molar-refractivity contribution in [2.45, 2.75) is 92.5 Å². The molecule has 0 N–H and O–H groups in total. The molecule has 0 bridgehead atoms. The molecular formula is C32H51NO. The van der Waals surface area contributed by atoms with Crippen molar-refractivity contribution in [2.24, 2.45) is 5.92 Å². The van der Waals surface area contributed by atoms with Crippen LogP contribution in [0.2, 0.25) is 0 Å². The molecular weight excluding hydrogens is 414 g/mol. The molecule has 1 fully saturated rings. The van der Waals surface area contributed by atoms with Crippen molar-refractivity contribution in [1.82, 2.24) is 4.90 Å². The standard InChI is InChI=1S/C28H39NO.2C2H6/c1-20(2)21(3)13-14-22-9-7-10-23(17-22)18-27-26(24-11-8-12-24)16-15-25(19-29(4)5)28(27)30-6;2*1-2/h7,9-10,15-17,20,24H,3,8,11-14,18-19H2,1-2,4-6H3;2*1-2H3. The van der Waals surface area contributed by atoms with Crippen molar-refractivity contribution < 1.29 is 4.74 Å². The zero-order chi connectivity index (χ0) is 25.7. The van der Waals surface area contributed by atoms with Crippen LogP contribution in [0.4, 0.5) is 0 Å². The van der Waals surface area contributed by atoms with Gasteiger partial charge in [-0.05, 0) is 68.3 Å². The summed E-state index contributed by atoms with van der Waals surface area (Å²) in [7, 11) is 6.07. The normalized spacial score (nSPS) is 12.9. The Kier molecular flexibility index (Phi) is 13.9. The van der Waals surface area contributed by atoms with E-state index >= 15 is 0 Å². The van der Waals surface area contributed by atoms with E-state index in [-0.39, 0.29) is 0 Å². The van der Waals surface area contributed by atoms with E-state index in [1.807, 2.05) is 34.8 Å². The number of benzene rings is 2. The molecule has 0 spiro atoms. The Morgan fingerprint density at radius 1 is 1.03 bits per heavy atom. The van der Waals surface area contributed by atoms with Gasteiger partial charge in [-0.25, -0.2) is 0 Å². The summed E-state index contributed by atoms with van der Waals surface area (Å²) in [5.74, 6) is 2.34. The van der Waals surface area contributed by atoms with Gasteiger partial charge < -0.3 is 9.64 Å². The van der Waals surface area contributed by atoms with Crippen molar-refractivity contribution in [3.8, 4) is 5.75 Å². The fraction of sp³-hybridized carbons (Fsp3) is 0.562. The molecule has 2 nitrogen and oxygen atoms in total. The maximum absolute atomic E-state index is 6.01. The van der Waals surface area contributed by atoms with Gasteiger partial charge in [0.05, 0.1) is 7.11 Å². The van der Waals surface area contributed by atoms with Gasteiger partial charge in [-0.2, -0.15) is 0 Å². The first-order chi connectivity index (χ1) is 16.4. The SMILES string of the molecule is C=C(CCc1cccc(Cc2c(C3CCC3)ccc(CN(C)C)c2OC)c1)C(C)C.CC.CC. The second kappa shape index (κ2) is 15.8. The third-order valence-electron chi connectivity index (χ3n) is 6.54. The van der Waals surface area contributed by atoms with Gasteiger partial charge in [0, 0.05) is 24.1 Å². The van der Waals surface area contributed by atoms with E-state index in [4.69, 9.17) is 4.74 Å². The highest BCUT2D eigenvalue weighted by atomic mass is 16.5. The van der Waals surface area contributed by atoms with Crippen molar-refractivity contribution in [3.63, 3.8) is 0 Å². The highest BCUT2D eigenvalue weighted by molar-refractivity contribution is 5.51. The first-order valence-corrected chi connectivity index (χ1v) is 13.5. The quantitative estimate of drug-likeness (QED) is 0.325. The number of nitrogens with zero attached hydrogens (tertiary/aromatic N) is 1. The fourth-order valence-corrected chi connectivity index (χ4v) is 4.39. The summed E-state index contributed by atoms with van der Waals surface area (Å²) < 4.78 is 6.01. The molecule has 34 heavy (non-hydrogen) atoms. The lowest BCUT2D eigenvalue weighted by Gasteiger charge is -2.30. The van der Waals surface area contributed by atoms with Crippen LogP contribution in [0, 0.1) is 5.92 Å². The van der Waals surface area contributed by atoms with Crippen LogP contribution in [0.5, 0.6) is 5.75 Å². The van der Waals surface area contributed by atoms with Gasteiger partial charge in [-0.3, -0.25) is 0 Å². The fourth-order valence-electron chi connectivity index (χ4n) is 4.39. The van der Waals surface area contributed by atoms with E-state index in [1.165, 1.54) is 52.7 Å². The van der Waals surface area contributed by atoms with Crippen molar-refractivity contribution in [1.29, 1.82) is 0 Å². The molecule has 1 aliphatic rings. The number of allylic oxidation sites excluding steroid dienone is 1. The molecule has 0 amide bonds. The lowest BCUT2D eigenvalue weighted by atomic mass is 9.76. The predicted molar refractivity (Wildman–Crippen MR) is 151 cm³/mol. The van der Waals surface area contributed by atoms with Gasteiger partial charge in [0.15, 0.2) is 0 Å². The Morgan fingerprint density at radius 2 is 1.68 bits per heavy atom. The minimum absolute atomic E-state index is 0.557. The predicted octanol–water partition coefficient (Wildman–Crippen LogP) is 8.81. The second-order valence-corrected chi connectivity index (χ2v) is 9.50. The summed E-state index contributed by atoms with van der Waals surface area (Å²) in [6.07, 6.45) is 7.03. The van der Waals surface area contributed by atoms with E-state index in [1.54, 1.807) is 0 Å². The molecule has 2 heteroatoms. The molecule has 2 aromatic carbocycles. The Morgan fingerprint density at radius 3 is 2.21 bits per heavy atom. The monoisotopic (exact) mass is 465 g/mol. The van der Waals surface area contributed by atoms with E-state index in [2.05, 4.69) is 75.8 Å². The average Bonchev–Trinajstić information content (AvgIpc) is 2.80. The molecule has 190 valence electrons. The van der Waals surface area contributed by atoms with E-state index in [0.29, 0.717) is 11.8 Å². The minimum Gasteiger partial charge on any atom is -0.496 e. The van der Waals surface area contributed by atoms with Crippen molar-refractivity contribution in [2.75, 3.05) is 21.2 Å². The Hall–Kier alpha value is -2.06. The highest BCUT2D eigenvalue weighted by Crippen LogP contribution is 2.42. The summed E-state index contributed by atoms with van der Waals surface area (Å²) in [5.41, 5.74) is 8.30. The summed E-state index contributed by atoms with van der Waals surface area (Å²) in [6, 6.07) is 13.8. The van der Waals surface area contributed by atoms with Gasteiger partial charge in [-0.1, -0.05) is 96.5 Å². The third-order valence-corrected chi connectivity index (χ3v) is 6.54.